The van der Waals surface area contributed by atoms with Crippen LogP contribution in [0.4, 0.5) is 5.69 Å². The normalized spacial score (nSPS) is 10.3. The Bertz CT molecular complexity index is 552. The van der Waals surface area contributed by atoms with E-state index in [4.69, 9.17) is 4.74 Å². The van der Waals surface area contributed by atoms with Gasteiger partial charge in [0.15, 0.2) is 0 Å². The zero-order valence-electron chi connectivity index (χ0n) is 11.7. The van der Waals surface area contributed by atoms with Crippen LogP contribution in [0.1, 0.15) is 24.5 Å². The Hall–Kier alpha value is -2.03. The van der Waals surface area contributed by atoms with Crippen molar-refractivity contribution in [3.05, 3.63) is 47.8 Å². The predicted octanol–water partition coefficient (Wildman–Crippen LogP) is 4.31. The van der Waals surface area contributed by atoms with Gasteiger partial charge in [-0.1, -0.05) is 19.1 Å². The fourth-order valence-corrected chi connectivity index (χ4v) is 1.80. The molecule has 19 heavy (non-hydrogen) atoms. The molecule has 100 valence electrons. The number of nitrogens with zero attached hydrogens (tertiary/aromatic N) is 1. The van der Waals surface area contributed by atoms with Gasteiger partial charge in [0.1, 0.15) is 11.5 Å². The lowest BCUT2D eigenvalue weighted by atomic mass is 10.1. The van der Waals surface area contributed by atoms with Crippen LogP contribution >= 0.6 is 0 Å². The molecule has 0 saturated carbocycles. The Kier molecular flexibility index (Phi) is 4.39. The first-order chi connectivity index (χ1) is 9.20. The number of benzene rings is 1. The molecule has 0 saturated heterocycles. The third-order valence-corrected chi connectivity index (χ3v) is 3.08. The lowest BCUT2D eigenvalue weighted by Gasteiger charge is -2.11. The Balaban J connectivity index is 2.16. The molecule has 3 nitrogen and oxygen atoms in total. The fourth-order valence-electron chi connectivity index (χ4n) is 1.80. The second kappa shape index (κ2) is 6.23. The molecule has 0 aliphatic carbocycles. The van der Waals surface area contributed by atoms with Crippen LogP contribution in [-0.2, 0) is 0 Å². The van der Waals surface area contributed by atoms with Gasteiger partial charge < -0.3 is 10.1 Å². The molecule has 1 aromatic carbocycles. The summed E-state index contributed by atoms with van der Waals surface area (Å²) < 4.78 is 5.91. The van der Waals surface area contributed by atoms with Crippen LogP contribution < -0.4 is 10.1 Å². The Morgan fingerprint density at radius 2 is 2.05 bits per heavy atom. The molecule has 0 aliphatic rings. The summed E-state index contributed by atoms with van der Waals surface area (Å²) in [6, 6.07) is 8.04. The fraction of sp³-hybridized carbons (Fsp3) is 0.312. The number of anilines is 1. The number of ether oxygens (including phenoxy) is 1. The van der Waals surface area contributed by atoms with Gasteiger partial charge in [-0.2, -0.15) is 0 Å². The molecule has 1 heterocycles. The number of rotatable bonds is 5. The first-order valence-electron chi connectivity index (χ1n) is 6.63. The van der Waals surface area contributed by atoms with Crippen molar-refractivity contribution >= 4 is 5.69 Å². The number of pyridine rings is 1. The zero-order valence-corrected chi connectivity index (χ0v) is 11.7. The van der Waals surface area contributed by atoms with E-state index in [2.05, 4.69) is 37.1 Å². The summed E-state index contributed by atoms with van der Waals surface area (Å²) in [5.74, 6) is 1.64. The van der Waals surface area contributed by atoms with Crippen molar-refractivity contribution < 1.29 is 4.74 Å². The monoisotopic (exact) mass is 256 g/mol. The summed E-state index contributed by atoms with van der Waals surface area (Å²) in [6.07, 6.45) is 4.63. The molecule has 0 amide bonds. The van der Waals surface area contributed by atoms with Crippen molar-refractivity contribution in [1.29, 1.82) is 0 Å². The summed E-state index contributed by atoms with van der Waals surface area (Å²) in [6.45, 7) is 7.22. The van der Waals surface area contributed by atoms with Gasteiger partial charge >= 0.3 is 0 Å². The molecule has 0 aliphatic heterocycles. The van der Waals surface area contributed by atoms with Crippen LogP contribution in [0, 0.1) is 13.8 Å². The Morgan fingerprint density at radius 1 is 1.21 bits per heavy atom. The average molecular weight is 256 g/mol. The lowest BCUT2D eigenvalue weighted by molar-refractivity contribution is 0.476. The first kappa shape index (κ1) is 13.4. The maximum atomic E-state index is 5.91. The minimum atomic E-state index is 0.759. The van der Waals surface area contributed by atoms with E-state index in [1.807, 2.05) is 24.4 Å². The van der Waals surface area contributed by atoms with Crippen molar-refractivity contribution in [2.24, 2.45) is 0 Å². The largest absolute Gasteiger partial charge is 0.455 e. The molecule has 0 radical (unpaired) electrons. The highest BCUT2D eigenvalue weighted by Gasteiger charge is 2.04. The van der Waals surface area contributed by atoms with Crippen molar-refractivity contribution in [2.75, 3.05) is 11.9 Å². The number of nitrogens with one attached hydrogen (secondary N) is 1. The van der Waals surface area contributed by atoms with Crippen molar-refractivity contribution in [3.63, 3.8) is 0 Å². The lowest BCUT2D eigenvalue weighted by Crippen LogP contribution is -2.00. The van der Waals surface area contributed by atoms with E-state index in [1.54, 1.807) is 6.20 Å². The number of aryl methyl sites for hydroxylation is 1. The Morgan fingerprint density at radius 3 is 2.84 bits per heavy atom. The number of aromatic nitrogens is 1. The average Bonchev–Trinajstić information content (AvgIpc) is 2.42. The van der Waals surface area contributed by atoms with Gasteiger partial charge in [0.25, 0.3) is 0 Å². The number of hydrogen-bond donors (Lipinski definition) is 1. The molecule has 0 atom stereocenters. The minimum absolute atomic E-state index is 0.759. The molecule has 0 bridgehead atoms. The molecule has 1 N–H and O–H groups in total. The molecule has 0 spiro atoms. The van der Waals surface area contributed by atoms with Crippen molar-refractivity contribution in [3.8, 4) is 11.5 Å². The molecular weight excluding hydrogens is 236 g/mol. The standard InChI is InChI=1S/C16H20N2O/c1-4-8-18-14-9-15(11-17-10-14)19-16-7-5-6-12(2)13(16)3/h5-7,9-11,18H,4,8H2,1-3H3. The third kappa shape index (κ3) is 3.47. The van der Waals surface area contributed by atoms with E-state index in [-0.39, 0.29) is 0 Å². The van der Waals surface area contributed by atoms with Gasteiger partial charge in [-0.25, -0.2) is 0 Å². The van der Waals surface area contributed by atoms with Crippen LogP contribution in [0.3, 0.4) is 0 Å². The highest BCUT2D eigenvalue weighted by atomic mass is 16.5. The van der Waals surface area contributed by atoms with E-state index in [9.17, 15) is 0 Å². The van der Waals surface area contributed by atoms with E-state index >= 15 is 0 Å². The molecule has 0 unspecified atom stereocenters. The minimum Gasteiger partial charge on any atom is -0.455 e. The SMILES string of the molecule is CCCNc1cncc(Oc2cccc(C)c2C)c1. The van der Waals surface area contributed by atoms with Crippen LogP contribution in [-0.4, -0.2) is 11.5 Å². The van der Waals surface area contributed by atoms with Gasteiger partial charge in [0.05, 0.1) is 18.1 Å². The molecule has 2 rings (SSSR count). The van der Waals surface area contributed by atoms with E-state index < -0.39 is 0 Å². The second-order valence-corrected chi connectivity index (χ2v) is 4.64. The highest BCUT2D eigenvalue weighted by Crippen LogP contribution is 2.27. The van der Waals surface area contributed by atoms with E-state index in [0.717, 1.165) is 35.7 Å². The molecule has 1 aromatic heterocycles. The van der Waals surface area contributed by atoms with Crippen LogP contribution in [0.5, 0.6) is 11.5 Å². The summed E-state index contributed by atoms with van der Waals surface area (Å²) in [5, 5.41) is 3.30. The summed E-state index contributed by atoms with van der Waals surface area (Å²) >= 11 is 0. The highest BCUT2D eigenvalue weighted by molar-refractivity contribution is 5.47. The van der Waals surface area contributed by atoms with Gasteiger partial charge in [0.2, 0.25) is 0 Å². The summed E-state index contributed by atoms with van der Waals surface area (Å²) in [4.78, 5) is 4.20. The van der Waals surface area contributed by atoms with Crippen LogP contribution in [0.25, 0.3) is 0 Å². The summed E-state index contributed by atoms with van der Waals surface area (Å²) in [5.41, 5.74) is 3.38. The Labute approximate surface area is 114 Å². The maximum absolute atomic E-state index is 5.91. The molecule has 0 fully saturated rings. The van der Waals surface area contributed by atoms with Gasteiger partial charge in [-0.15, -0.1) is 0 Å². The smallest absolute Gasteiger partial charge is 0.147 e. The van der Waals surface area contributed by atoms with Crippen molar-refractivity contribution in [1.82, 2.24) is 4.98 Å². The molecule has 3 heteroatoms. The van der Waals surface area contributed by atoms with Crippen molar-refractivity contribution in [2.45, 2.75) is 27.2 Å². The predicted molar refractivity (Wildman–Crippen MR) is 79.0 cm³/mol. The number of hydrogen-bond acceptors (Lipinski definition) is 3. The van der Waals surface area contributed by atoms with E-state index in [0.29, 0.717) is 0 Å². The quantitative estimate of drug-likeness (QED) is 0.865. The molecule has 2 aromatic rings. The van der Waals surface area contributed by atoms with Gasteiger partial charge in [-0.05, 0) is 37.5 Å². The molecular formula is C16H20N2O. The van der Waals surface area contributed by atoms with E-state index in [1.165, 1.54) is 5.56 Å². The van der Waals surface area contributed by atoms with Crippen LogP contribution in [0.2, 0.25) is 0 Å². The second-order valence-electron chi connectivity index (χ2n) is 4.64. The zero-order chi connectivity index (χ0) is 13.7. The van der Waals surface area contributed by atoms with Crippen LogP contribution in [0.15, 0.2) is 36.7 Å². The first-order valence-corrected chi connectivity index (χ1v) is 6.63. The topological polar surface area (TPSA) is 34.2 Å². The maximum Gasteiger partial charge on any atom is 0.147 e. The van der Waals surface area contributed by atoms with Gasteiger partial charge in [-0.3, -0.25) is 4.98 Å². The van der Waals surface area contributed by atoms with Gasteiger partial charge in [0, 0.05) is 12.6 Å². The summed E-state index contributed by atoms with van der Waals surface area (Å²) in [7, 11) is 0. The third-order valence-electron chi connectivity index (χ3n) is 3.08.